The van der Waals surface area contributed by atoms with Crippen LogP contribution in [0.5, 0.6) is 0 Å². The molecule has 5 rings (SSSR count). The molecule has 0 spiro atoms. The first-order valence-corrected chi connectivity index (χ1v) is 8.18. The van der Waals surface area contributed by atoms with Crippen LogP contribution in [0.3, 0.4) is 0 Å². The summed E-state index contributed by atoms with van der Waals surface area (Å²) in [5, 5.41) is 7.98. The van der Waals surface area contributed by atoms with Crippen molar-refractivity contribution >= 4 is 22.1 Å². The molecule has 0 aliphatic carbocycles. The lowest BCUT2D eigenvalue weighted by molar-refractivity contribution is 1.12. The maximum absolute atomic E-state index is 12.2. The summed E-state index contributed by atoms with van der Waals surface area (Å²) < 4.78 is 0. The van der Waals surface area contributed by atoms with Crippen LogP contribution in [0, 0.1) is 0 Å². The van der Waals surface area contributed by atoms with Crippen molar-refractivity contribution in [2.24, 2.45) is 0 Å². The Kier molecular flexibility index (Phi) is 3.15. The minimum Gasteiger partial charge on any atom is -0.345 e. The molecule has 2 N–H and O–H groups in total. The van der Waals surface area contributed by atoms with E-state index in [4.69, 9.17) is 4.98 Å². The number of hydrogen-bond donors (Lipinski definition) is 2. The number of pyridine rings is 1. The van der Waals surface area contributed by atoms with Crippen LogP contribution in [0.1, 0.15) is 0 Å². The van der Waals surface area contributed by atoms with E-state index >= 15 is 0 Å². The molecule has 0 saturated carbocycles. The second kappa shape index (κ2) is 5.63. The first-order chi connectivity index (χ1) is 12.8. The Morgan fingerprint density at radius 1 is 0.846 bits per heavy atom. The van der Waals surface area contributed by atoms with E-state index in [1.807, 2.05) is 48.5 Å². The number of nitrogens with zero attached hydrogens (tertiary/aromatic N) is 3. The molecule has 0 saturated heterocycles. The lowest BCUT2D eigenvalue weighted by atomic mass is 10.0. The van der Waals surface area contributed by atoms with Gasteiger partial charge in [0.25, 0.3) is 0 Å². The molecular weight excluding hydrogens is 326 g/mol. The average Bonchev–Trinajstić information content (AvgIpc) is 3.16. The van der Waals surface area contributed by atoms with Crippen molar-refractivity contribution in [3.63, 3.8) is 0 Å². The van der Waals surface area contributed by atoms with Crippen molar-refractivity contribution in [3.05, 3.63) is 77.2 Å². The van der Waals surface area contributed by atoms with Gasteiger partial charge in [0.15, 0.2) is 11.2 Å². The Morgan fingerprint density at radius 3 is 2.58 bits per heavy atom. The number of nitrogens with one attached hydrogen (secondary N) is 2. The van der Waals surface area contributed by atoms with Crippen LogP contribution in [-0.2, 0) is 0 Å². The molecule has 26 heavy (non-hydrogen) atoms. The SMILES string of the molecule is O=c1cc[nH]c2nc(-c3ccccc3)c(-c3ccc4[nH]ncc4c3)nc12. The summed E-state index contributed by atoms with van der Waals surface area (Å²) in [6, 6.07) is 17.2. The lowest BCUT2D eigenvalue weighted by Gasteiger charge is -2.10. The molecule has 6 nitrogen and oxygen atoms in total. The molecule has 0 atom stereocenters. The number of aromatic nitrogens is 5. The molecule has 2 aromatic carbocycles. The Bertz CT molecular complexity index is 1300. The number of benzene rings is 2. The highest BCUT2D eigenvalue weighted by Gasteiger charge is 2.15. The molecule has 0 bridgehead atoms. The smallest absolute Gasteiger partial charge is 0.209 e. The lowest BCUT2D eigenvalue weighted by Crippen LogP contribution is -2.06. The zero-order valence-electron chi connectivity index (χ0n) is 13.6. The molecule has 0 radical (unpaired) electrons. The van der Waals surface area contributed by atoms with Crippen LogP contribution >= 0.6 is 0 Å². The van der Waals surface area contributed by atoms with Gasteiger partial charge in [-0.2, -0.15) is 5.10 Å². The summed E-state index contributed by atoms with van der Waals surface area (Å²) in [6.07, 6.45) is 3.35. The first-order valence-electron chi connectivity index (χ1n) is 8.18. The van der Waals surface area contributed by atoms with Crippen LogP contribution in [-0.4, -0.2) is 25.1 Å². The first kappa shape index (κ1) is 14.5. The molecule has 0 fully saturated rings. The standard InChI is InChI=1S/C20H13N5O/c26-16-8-9-21-20-19(16)23-18(17(24-20)12-4-2-1-3-5-12)13-6-7-15-14(10-13)11-22-25-15/h1-11H,(H,22,25)(H,21,24,26). The van der Waals surface area contributed by atoms with E-state index in [9.17, 15) is 4.79 Å². The van der Waals surface area contributed by atoms with E-state index in [1.165, 1.54) is 6.07 Å². The molecule has 0 aliphatic rings. The van der Waals surface area contributed by atoms with Gasteiger partial charge < -0.3 is 4.98 Å². The highest BCUT2D eigenvalue weighted by atomic mass is 16.1. The molecule has 3 aromatic heterocycles. The van der Waals surface area contributed by atoms with Crippen LogP contribution < -0.4 is 5.43 Å². The summed E-state index contributed by atoms with van der Waals surface area (Å²) in [5.41, 5.74) is 4.81. The zero-order valence-corrected chi connectivity index (χ0v) is 13.6. The van der Waals surface area contributed by atoms with Gasteiger partial charge in [-0.05, 0) is 12.1 Å². The highest BCUT2D eigenvalue weighted by Crippen LogP contribution is 2.31. The summed E-state index contributed by atoms with van der Waals surface area (Å²) in [7, 11) is 0. The van der Waals surface area contributed by atoms with Gasteiger partial charge in [-0.3, -0.25) is 9.89 Å². The van der Waals surface area contributed by atoms with Crippen molar-refractivity contribution < 1.29 is 0 Å². The fraction of sp³-hybridized carbons (Fsp3) is 0. The average molecular weight is 339 g/mol. The predicted molar refractivity (Wildman–Crippen MR) is 101 cm³/mol. The monoisotopic (exact) mass is 339 g/mol. The van der Waals surface area contributed by atoms with E-state index in [-0.39, 0.29) is 5.43 Å². The van der Waals surface area contributed by atoms with Crippen molar-refractivity contribution in [1.29, 1.82) is 0 Å². The van der Waals surface area contributed by atoms with Crippen LogP contribution in [0.25, 0.3) is 44.6 Å². The minimum absolute atomic E-state index is 0.156. The van der Waals surface area contributed by atoms with E-state index in [1.54, 1.807) is 12.4 Å². The Labute approximate surface area is 147 Å². The quantitative estimate of drug-likeness (QED) is 0.515. The fourth-order valence-electron chi connectivity index (χ4n) is 3.07. The van der Waals surface area contributed by atoms with E-state index < -0.39 is 0 Å². The summed E-state index contributed by atoms with van der Waals surface area (Å²) >= 11 is 0. The number of aromatic amines is 2. The number of H-pyrrole nitrogens is 2. The molecule has 124 valence electrons. The number of rotatable bonds is 2. The Morgan fingerprint density at radius 2 is 1.69 bits per heavy atom. The Hall–Kier alpha value is -3.80. The molecule has 6 heteroatoms. The number of fused-ring (bicyclic) bond motifs is 2. The maximum atomic E-state index is 12.2. The third kappa shape index (κ3) is 2.28. The van der Waals surface area contributed by atoms with Gasteiger partial charge in [-0.25, -0.2) is 9.97 Å². The molecule has 0 aliphatic heterocycles. The van der Waals surface area contributed by atoms with Gasteiger partial charge in [0.05, 0.1) is 23.1 Å². The van der Waals surface area contributed by atoms with Gasteiger partial charge in [-0.15, -0.1) is 0 Å². The van der Waals surface area contributed by atoms with Crippen LogP contribution in [0.4, 0.5) is 0 Å². The Balaban J connectivity index is 1.86. The van der Waals surface area contributed by atoms with Gasteiger partial charge in [0.2, 0.25) is 5.43 Å². The van der Waals surface area contributed by atoms with Crippen molar-refractivity contribution in [2.75, 3.05) is 0 Å². The summed E-state index contributed by atoms with van der Waals surface area (Å²) in [6.45, 7) is 0. The summed E-state index contributed by atoms with van der Waals surface area (Å²) in [5.74, 6) is 0. The van der Waals surface area contributed by atoms with Crippen LogP contribution in [0.15, 0.2) is 71.8 Å². The van der Waals surface area contributed by atoms with Gasteiger partial charge in [0.1, 0.15) is 0 Å². The normalized spacial score (nSPS) is 11.2. The van der Waals surface area contributed by atoms with E-state index in [2.05, 4.69) is 20.2 Å². The van der Waals surface area contributed by atoms with Gasteiger partial charge >= 0.3 is 0 Å². The number of hydrogen-bond acceptors (Lipinski definition) is 4. The second-order valence-corrected chi connectivity index (χ2v) is 6.00. The van der Waals surface area contributed by atoms with E-state index in [0.29, 0.717) is 16.9 Å². The second-order valence-electron chi connectivity index (χ2n) is 6.00. The van der Waals surface area contributed by atoms with Crippen LogP contribution in [0.2, 0.25) is 0 Å². The maximum Gasteiger partial charge on any atom is 0.209 e. The van der Waals surface area contributed by atoms with Gasteiger partial charge in [-0.1, -0.05) is 36.4 Å². The van der Waals surface area contributed by atoms with Gasteiger partial charge in [0, 0.05) is 28.8 Å². The molecule has 5 aromatic rings. The minimum atomic E-state index is -0.156. The highest BCUT2D eigenvalue weighted by molar-refractivity contribution is 5.89. The fourth-order valence-corrected chi connectivity index (χ4v) is 3.07. The van der Waals surface area contributed by atoms with Crippen molar-refractivity contribution in [3.8, 4) is 22.5 Å². The van der Waals surface area contributed by atoms with E-state index in [0.717, 1.165) is 27.7 Å². The van der Waals surface area contributed by atoms with Crippen molar-refractivity contribution in [2.45, 2.75) is 0 Å². The topological polar surface area (TPSA) is 87.3 Å². The summed E-state index contributed by atoms with van der Waals surface area (Å²) in [4.78, 5) is 24.6. The van der Waals surface area contributed by atoms with Crippen molar-refractivity contribution in [1.82, 2.24) is 25.1 Å². The predicted octanol–water partition coefficient (Wildman–Crippen LogP) is 3.53. The molecule has 0 amide bonds. The molecule has 3 heterocycles. The molecule has 0 unspecified atom stereocenters. The zero-order chi connectivity index (χ0) is 17.5. The third-order valence-electron chi connectivity index (χ3n) is 4.34. The largest absolute Gasteiger partial charge is 0.345 e. The third-order valence-corrected chi connectivity index (χ3v) is 4.34. The molecular formula is C20H13N5O.